The first-order valence-corrected chi connectivity index (χ1v) is 9.79. The van der Waals surface area contributed by atoms with E-state index in [1.165, 1.54) is 12.1 Å². The number of carbonyl (C=O) groups is 1. The number of aromatic nitrogens is 1. The van der Waals surface area contributed by atoms with Crippen molar-refractivity contribution >= 4 is 17.0 Å². The molecule has 0 aliphatic heterocycles. The number of nitrogens with zero attached hydrogens (tertiary/aromatic N) is 1. The van der Waals surface area contributed by atoms with Crippen molar-refractivity contribution in [1.82, 2.24) is 15.6 Å². The highest BCUT2D eigenvalue weighted by atomic mass is 19.1. The zero-order chi connectivity index (χ0) is 20.4. The smallest absolute Gasteiger partial charge is 0.315 e. The summed E-state index contributed by atoms with van der Waals surface area (Å²) in [7, 11) is 0. The highest BCUT2D eigenvalue weighted by molar-refractivity contribution is 5.82. The van der Waals surface area contributed by atoms with Gasteiger partial charge in [-0.2, -0.15) is 0 Å². The first-order chi connectivity index (χ1) is 13.9. The number of furan rings is 1. The van der Waals surface area contributed by atoms with Crippen molar-refractivity contribution in [2.45, 2.75) is 50.8 Å². The van der Waals surface area contributed by atoms with Crippen LogP contribution in [-0.4, -0.2) is 22.2 Å². The van der Waals surface area contributed by atoms with Gasteiger partial charge in [-0.05, 0) is 56.9 Å². The van der Waals surface area contributed by atoms with E-state index in [1.807, 2.05) is 19.1 Å². The van der Waals surface area contributed by atoms with Crippen molar-refractivity contribution in [1.29, 1.82) is 0 Å². The van der Waals surface area contributed by atoms with Crippen molar-refractivity contribution in [3.8, 4) is 0 Å². The SMILES string of the molecule is Cc1c(CNC(=O)NC2CCC(O)(c3cccnc3)CC2)oc2ccc(F)cc12. The van der Waals surface area contributed by atoms with Gasteiger partial charge in [0.15, 0.2) is 0 Å². The van der Waals surface area contributed by atoms with Crippen LogP contribution >= 0.6 is 0 Å². The minimum Gasteiger partial charge on any atom is -0.459 e. The van der Waals surface area contributed by atoms with E-state index in [1.54, 1.807) is 18.5 Å². The minimum atomic E-state index is -0.885. The van der Waals surface area contributed by atoms with Gasteiger partial charge in [0.2, 0.25) is 0 Å². The molecular formula is C22H24FN3O3. The molecule has 7 heteroatoms. The first kappa shape index (κ1) is 19.4. The van der Waals surface area contributed by atoms with Gasteiger partial charge in [-0.1, -0.05) is 6.07 Å². The number of carbonyl (C=O) groups excluding carboxylic acids is 1. The number of hydrogen-bond acceptors (Lipinski definition) is 4. The molecule has 4 rings (SSSR count). The molecule has 3 N–H and O–H groups in total. The summed E-state index contributed by atoms with van der Waals surface area (Å²) in [5, 5.41) is 17.3. The molecular weight excluding hydrogens is 373 g/mol. The molecule has 1 aliphatic carbocycles. The third-order valence-corrected chi connectivity index (χ3v) is 5.75. The predicted molar refractivity (Wildman–Crippen MR) is 107 cm³/mol. The Bertz CT molecular complexity index is 1010. The number of rotatable bonds is 4. The van der Waals surface area contributed by atoms with E-state index in [2.05, 4.69) is 15.6 Å². The van der Waals surface area contributed by atoms with Gasteiger partial charge in [-0.15, -0.1) is 0 Å². The summed E-state index contributed by atoms with van der Waals surface area (Å²) in [5.41, 5.74) is 1.35. The standard InChI is InChI=1S/C22H24FN3O3/c1-14-18-11-16(23)4-5-19(18)29-20(14)13-25-21(27)26-17-6-8-22(28,9-7-17)15-3-2-10-24-12-15/h2-5,10-12,17,28H,6-9,13H2,1H3,(H2,25,26,27). The van der Waals surface area contributed by atoms with E-state index in [-0.39, 0.29) is 24.4 Å². The molecule has 1 fully saturated rings. The van der Waals surface area contributed by atoms with Gasteiger partial charge >= 0.3 is 6.03 Å². The zero-order valence-corrected chi connectivity index (χ0v) is 16.2. The molecule has 152 valence electrons. The third kappa shape index (κ3) is 4.10. The third-order valence-electron chi connectivity index (χ3n) is 5.75. The van der Waals surface area contributed by atoms with Crippen LogP contribution in [0.3, 0.4) is 0 Å². The molecule has 0 unspecified atom stereocenters. The van der Waals surface area contributed by atoms with Crippen LogP contribution < -0.4 is 10.6 Å². The Kier molecular flexibility index (Phi) is 5.24. The molecule has 6 nitrogen and oxygen atoms in total. The van der Waals surface area contributed by atoms with Crippen LogP contribution in [0.2, 0.25) is 0 Å². The molecule has 1 saturated carbocycles. The number of hydrogen-bond donors (Lipinski definition) is 3. The van der Waals surface area contributed by atoms with Gasteiger partial charge in [-0.3, -0.25) is 4.98 Å². The van der Waals surface area contributed by atoms with E-state index in [0.717, 1.165) is 11.1 Å². The minimum absolute atomic E-state index is 0.00203. The number of pyridine rings is 1. The lowest BCUT2D eigenvalue weighted by Crippen LogP contribution is -2.45. The van der Waals surface area contributed by atoms with E-state index in [0.29, 0.717) is 42.4 Å². The molecule has 1 aromatic carbocycles. The summed E-state index contributed by atoms with van der Waals surface area (Å²) >= 11 is 0. The van der Waals surface area contributed by atoms with Gasteiger partial charge in [0, 0.05) is 34.9 Å². The maximum absolute atomic E-state index is 13.4. The summed E-state index contributed by atoms with van der Waals surface area (Å²) in [6.07, 6.45) is 5.88. The molecule has 29 heavy (non-hydrogen) atoms. The van der Waals surface area contributed by atoms with E-state index in [9.17, 15) is 14.3 Å². The fourth-order valence-electron chi connectivity index (χ4n) is 3.98. The number of benzene rings is 1. The summed E-state index contributed by atoms with van der Waals surface area (Å²) in [6, 6.07) is 7.79. The van der Waals surface area contributed by atoms with Crippen molar-refractivity contribution < 1.29 is 18.7 Å². The highest BCUT2D eigenvalue weighted by Crippen LogP contribution is 2.36. The molecule has 0 radical (unpaired) electrons. The second kappa shape index (κ2) is 7.83. The normalized spacial score (nSPS) is 21.8. The van der Waals surface area contributed by atoms with Crippen LogP contribution in [0.1, 0.15) is 42.6 Å². The quantitative estimate of drug-likeness (QED) is 0.623. The number of amides is 2. The van der Waals surface area contributed by atoms with Crippen molar-refractivity contribution in [3.05, 3.63) is 65.4 Å². The molecule has 0 spiro atoms. The number of nitrogens with one attached hydrogen (secondary N) is 2. The molecule has 1 aliphatic rings. The second-order valence-corrected chi connectivity index (χ2v) is 7.67. The average Bonchev–Trinajstić information content (AvgIpc) is 3.04. The number of halogens is 1. The van der Waals surface area contributed by atoms with E-state index in [4.69, 9.17) is 4.42 Å². The maximum atomic E-state index is 13.4. The maximum Gasteiger partial charge on any atom is 0.315 e. The van der Waals surface area contributed by atoms with Crippen LogP contribution in [0.5, 0.6) is 0 Å². The van der Waals surface area contributed by atoms with Crippen LogP contribution in [-0.2, 0) is 12.1 Å². The Labute approximate surface area is 168 Å². The molecule has 0 saturated heterocycles. The van der Waals surface area contributed by atoms with Gasteiger partial charge in [0.1, 0.15) is 17.2 Å². The van der Waals surface area contributed by atoms with Gasteiger partial charge in [-0.25, -0.2) is 9.18 Å². The fourth-order valence-corrected chi connectivity index (χ4v) is 3.98. The lowest BCUT2D eigenvalue weighted by Gasteiger charge is -2.36. The van der Waals surface area contributed by atoms with Crippen LogP contribution in [0.25, 0.3) is 11.0 Å². The lowest BCUT2D eigenvalue weighted by molar-refractivity contribution is -0.00761. The Hall–Kier alpha value is -2.93. The molecule has 3 aromatic rings. The Morgan fingerprint density at radius 2 is 2.14 bits per heavy atom. The summed E-state index contributed by atoms with van der Waals surface area (Å²) < 4.78 is 19.1. The summed E-state index contributed by atoms with van der Waals surface area (Å²) in [4.78, 5) is 16.4. The van der Waals surface area contributed by atoms with Crippen LogP contribution in [0.4, 0.5) is 9.18 Å². The van der Waals surface area contributed by atoms with Gasteiger partial charge < -0.3 is 20.2 Å². The van der Waals surface area contributed by atoms with E-state index < -0.39 is 5.60 Å². The molecule has 0 atom stereocenters. The van der Waals surface area contributed by atoms with Crippen molar-refractivity contribution in [2.24, 2.45) is 0 Å². The van der Waals surface area contributed by atoms with Crippen LogP contribution in [0.15, 0.2) is 47.1 Å². The fraction of sp³-hybridized carbons (Fsp3) is 0.364. The summed E-state index contributed by atoms with van der Waals surface area (Å²) in [5.74, 6) is 0.289. The molecule has 2 heterocycles. The predicted octanol–water partition coefficient (Wildman–Crippen LogP) is 3.90. The Balaban J connectivity index is 1.30. The summed E-state index contributed by atoms with van der Waals surface area (Å²) in [6.45, 7) is 2.07. The molecule has 0 bridgehead atoms. The Morgan fingerprint density at radius 1 is 1.34 bits per heavy atom. The molecule has 2 aromatic heterocycles. The number of urea groups is 1. The number of fused-ring (bicyclic) bond motifs is 1. The largest absolute Gasteiger partial charge is 0.459 e. The van der Waals surface area contributed by atoms with Crippen molar-refractivity contribution in [3.63, 3.8) is 0 Å². The van der Waals surface area contributed by atoms with Crippen LogP contribution in [0, 0.1) is 12.7 Å². The second-order valence-electron chi connectivity index (χ2n) is 7.67. The van der Waals surface area contributed by atoms with Crippen molar-refractivity contribution in [2.75, 3.05) is 0 Å². The Morgan fingerprint density at radius 3 is 2.86 bits per heavy atom. The first-order valence-electron chi connectivity index (χ1n) is 9.79. The van der Waals surface area contributed by atoms with E-state index >= 15 is 0 Å². The highest BCUT2D eigenvalue weighted by Gasteiger charge is 2.35. The number of aliphatic hydroxyl groups is 1. The molecule has 2 amide bonds. The average molecular weight is 397 g/mol. The van der Waals surface area contributed by atoms with Gasteiger partial charge in [0.25, 0.3) is 0 Å². The topological polar surface area (TPSA) is 87.4 Å². The lowest BCUT2D eigenvalue weighted by atomic mass is 9.78. The zero-order valence-electron chi connectivity index (χ0n) is 16.2. The monoisotopic (exact) mass is 397 g/mol. The van der Waals surface area contributed by atoms with Gasteiger partial charge in [0.05, 0.1) is 12.1 Å². The number of aryl methyl sites for hydroxylation is 1.